The van der Waals surface area contributed by atoms with Crippen molar-refractivity contribution in [2.75, 3.05) is 75.4 Å². The molecule has 0 radical (unpaired) electrons. The summed E-state index contributed by atoms with van der Waals surface area (Å²) < 4.78 is 116. The van der Waals surface area contributed by atoms with Crippen LogP contribution in [-0.2, 0) is 91.7 Å². The van der Waals surface area contributed by atoms with E-state index in [0.717, 1.165) is 59.1 Å². The summed E-state index contributed by atoms with van der Waals surface area (Å²) in [5.74, 6) is -4.40. The van der Waals surface area contributed by atoms with Gasteiger partial charge in [-0.05, 0) is 199 Å². The van der Waals surface area contributed by atoms with Crippen molar-refractivity contribution in [3.8, 4) is 12.1 Å². The van der Waals surface area contributed by atoms with E-state index in [-0.39, 0.29) is 178 Å². The first-order valence-electron chi connectivity index (χ1n) is 44.9. The van der Waals surface area contributed by atoms with Crippen molar-refractivity contribution >= 4 is 86.6 Å². The highest BCUT2D eigenvalue weighted by molar-refractivity contribution is 7.94. The van der Waals surface area contributed by atoms with E-state index in [1.54, 1.807) is 36.1 Å². The van der Waals surface area contributed by atoms with E-state index in [2.05, 4.69) is 21.3 Å². The smallest absolute Gasteiger partial charge is 0.270 e. The predicted molar refractivity (Wildman–Crippen MR) is 495 cm³/mol. The molecule has 6 saturated carbocycles. The zero-order valence-electron chi connectivity index (χ0n) is 75.2. The Labute approximate surface area is 779 Å². The van der Waals surface area contributed by atoms with E-state index in [4.69, 9.17) is 10.5 Å². The highest BCUT2D eigenvalue weighted by Crippen LogP contribution is 2.50. The number of halogens is 1. The Morgan fingerprint density at radius 1 is 0.341 bits per heavy atom. The monoisotopic (exact) mass is 1920 g/mol. The number of fused-ring (bicyclic) bond motifs is 4. The van der Waals surface area contributed by atoms with Gasteiger partial charge in [0, 0.05) is 105 Å². The second-order valence-corrected chi connectivity index (χ2v) is 46.7. The van der Waals surface area contributed by atoms with E-state index < -0.39 is 133 Å². The zero-order valence-corrected chi connectivity index (χ0v) is 78.5. The molecule has 4 N–H and O–H groups in total. The van der Waals surface area contributed by atoms with Crippen molar-refractivity contribution in [3.63, 3.8) is 0 Å². The Morgan fingerprint density at radius 3 is 0.807 bits per heavy atom. The minimum atomic E-state index is -3.63. The van der Waals surface area contributed by atoms with Crippen molar-refractivity contribution in [1.29, 1.82) is 10.5 Å². The van der Waals surface area contributed by atoms with Crippen LogP contribution in [0.5, 0.6) is 0 Å². The van der Waals surface area contributed by atoms with Gasteiger partial charge >= 0.3 is 0 Å². The summed E-state index contributed by atoms with van der Waals surface area (Å²) in [6.45, 7) is 10.3. The molecule has 0 bridgehead atoms. The van der Waals surface area contributed by atoms with Crippen LogP contribution < -0.4 is 43.5 Å². The Morgan fingerprint density at radius 2 is 0.578 bits per heavy atom. The maximum absolute atomic E-state index is 13.7. The van der Waals surface area contributed by atoms with Crippen molar-refractivity contribution in [3.05, 3.63) is 276 Å². The number of hydrogen-bond acceptors (Lipinski definition) is 22. The highest BCUT2D eigenvalue weighted by atomic mass is 32.2. The average molecular weight is 1920 g/mol. The second-order valence-electron chi connectivity index (χ2n) is 37.1. The summed E-state index contributed by atoms with van der Waals surface area (Å²) in [6.07, 6.45) is 7.76. The predicted octanol–water partition coefficient (Wildman–Crippen LogP) is 5.97. The Kier molecular flexibility index (Phi) is 27.6. The van der Waals surface area contributed by atoms with Crippen LogP contribution in [-0.4, -0.2) is 213 Å². The van der Waals surface area contributed by atoms with E-state index in [1.165, 1.54) is 87.6 Å². The molecule has 8 aromatic rings. The van der Waals surface area contributed by atoms with Crippen LogP contribution in [0.3, 0.4) is 0 Å². The molecule has 8 heterocycles. The van der Waals surface area contributed by atoms with Crippen molar-refractivity contribution in [2.24, 2.45) is 11.8 Å². The van der Waals surface area contributed by atoms with Crippen LogP contribution in [0.1, 0.15) is 205 Å². The Bertz CT molecular complexity index is 6770. The molecule has 135 heavy (non-hydrogen) atoms. The van der Waals surface area contributed by atoms with E-state index in [9.17, 15) is 95.6 Å². The van der Waals surface area contributed by atoms with E-state index >= 15 is 0 Å². The van der Waals surface area contributed by atoms with Crippen LogP contribution in [0.4, 0.5) is 4.39 Å². The number of pyridine rings is 4. The number of amides is 8. The largest absolute Gasteiger partial charge is 0.348 e. The number of sulfone groups is 4. The van der Waals surface area contributed by atoms with E-state index in [0.29, 0.717) is 69.0 Å². The molecular weight excluding hydrogens is 1820 g/mol. The summed E-state index contributed by atoms with van der Waals surface area (Å²) in [5.41, 5.74) is 5.29. The molecule has 10 aliphatic rings. The lowest BCUT2D eigenvalue weighted by Crippen LogP contribution is -2.50. The first kappa shape index (κ1) is 96.7. The van der Waals surface area contributed by atoms with Crippen LogP contribution in [0.25, 0.3) is 0 Å². The molecule has 8 amide bonds. The molecule has 4 aromatic heterocycles. The Hall–Kier alpha value is -12.9. The molecular formula is C96H105FN14O20S4. The quantitative estimate of drug-likeness (QED) is 0.0403. The van der Waals surface area contributed by atoms with Gasteiger partial charge in [0.2, 0.25) is 0 Å². The fourth-order valence-corrected chi connectivity index (χ4v) is 25.3. The number of carbonyl (C=O) groups is 8. The number of benzene rings is 4. The molecule has 0 saturated heterocycles. The van der Waals surface area contributed by atoms with Gasteiger partial charge in [-0.1, -0.05) is 102 Å². The summed E-state index contributed by atoms with van der Waals surface area (Å²) >= 11 is 0. The number of nitrogens with zero attached hydrogens (tertiary/aromatic N) is 10. The molecule has 4 aliphatic heterocycles. The molecule has 6 fully saturated rings. The zero-order chi connectivity index (χ0) is 96.7. The van der Waals surface area contributed by atoms with Gasteiger partial charge in [-0.25, -0.2) is 38.1 Å². The Balaban J connectivity index is 0.000000137. The number of rotatable bonds is 30. The number of nitrogens with one attached hydrogen (secondary N) is 4. The van der Waals surface area contributed by atoms with Gasteiger partial charge in [-0.15, -0.1) is 0 Å². The third-order valence-corrected chi connectivity index (χ3v) is 37.4. The normalized spacial score (nSPS) is 17.8. The van der Waals surface area contributed by atoms with Crippen LogP contribution in [0.15, 0.2) is 159 Å². The van der Waals surface area contributed by atoms with Gasteiger partial charge in [0.1, 0.15) is 62.4 Å². The van der Waals surface area contributed by atoms with Gasteiger partial charge in [0.15, 0.2) is 39.3 Å². The molecule has 0 atom stereocenters. The molecule has 710 valence electrons. The molecule has 4 aromatic carbocycles. The number of hydrogen-bond donors (Lipinski definition) is 4. The van der Waals surface area contributed by atoms with E-state index in [1.807, 2.05) is 93.6 Å². The molecule has 34 nitrogen and oxygen atoms in total. The molecule has 0 spiro atoms. The highest BCUT2D eigenvalue weighted by Gasteiger charge is 2.60. The van der Waals surface area contributed by atoms with Crippen molar-refractivity contribution in [2.45, 2.75) is 176 Å². The molecule has 18 rings (SSSR count). The fourth-order valence-electron chi connectivity index (χ4n) is 17.4. The van der Waals surface area contributed by atoms with Crippen LogP contribution >= 0.6 is 0 Å². The van der Waals surface area contributed by atoms with Gasteiger partial charge in [-0.2, -0.15) is 10.5 Å². The standard InChI is InChI=1S/C25H28FN3O5S.C25H29N3O5S.2C23H24N4O5S/c1-16-2-3-18(12-20(16)26)13-27-22(30)19-6-7-21-24(32)28(10-11-29(21)23(19)31)15-25(8-9-25)35(33,34)14-17-4-5-17;1-17-2-4-18(5-3-17)14-26-22(29)20-8-9-21-24(31)27(12-13-28(21)23(20)30)16-25(10-11-25)34(32,33)15-19-6-7-19;2*1-16-2-4-17(5-3-16)14-25-20(28)18-6-7-19-22(30)26(11-12-27(19)21(18)29)15-23(8-9-23)33(31,32)13-10-24/h2-3,6-7,12,17H,4-5,8-11,13-15H2,1H3,(H,27,30);2-5,8-9,19H,6-7,10-16H2,1H3,(H,26,29);2*2-7H,8-9,11-15H2,1H3,(H,25,28). The van der Waals surface area contributed by atoms with Gasteiger partial charge < -0.3 is 59.1 Å². The summed E-state index contributed by atoms with van der Waals surface area (Å²) in [7, 11) is -13.8. The molecule has 6 aliphatic carbocycles. The topological polar surface area (TPSA) is 470 Å². The van der Waals surface area contributed by atoms with Gasteiger partial charge in [0.05, 0.1) is 42.6 Å². The summed E-state index contributed by atoms with van der Waals surface area (Å²) in [4.78, 5) is 160. The first-order chi connectivity index (χ1) is 64.1. The summed E-state index contributed by atoms with van der Waals surface area (Å²) in [6, 6.07) is 42.3. The minimum absolute atomic E-state index is 0.00280. The number of aromatic nitrogens is 4. The lowest BCUT2D eigenvalue weighted by molar-refractivity contribution is 0.0688. The molecule has 39 heteroatoms. The SMILES string of the molecule is Cc1ccc(CNC(=O)c2ccc3n(c2=O)CCN(CC2(S(=O)(=O)CC#N)CC2)C3=O)cc1.Cc1ccc(CNC(=O)c2ccc3n(c2=O)CCN(CC2(S(=O)(=O)CC#N)CC2)C3=O)cc1.Cc1ccc(CNC(=O)c2ccc3n(c2=O)CCN(CC2(S(=O)(=O)CC4CC4)CC2)C3=O)cc1.Cc1ccc(CNC(=O)c2ccc3n(c2=O)CCN(CC2(S(=O)(=O)CC4CC4)CC2)C3=O)cc1F. The molecule has 0 unspecified atom stereocenters. The van der Waals surface area contributed by atoms with Crippen LogP contribution in [0, 0.1) is 68.0 Å². The first-order valence-corrected chi connectivity index (χ1v) is 51.5. The third-order valence-electron chi connectivity index (χ3n) is 27.1. The van der Waals surface area contributed by atoms with Crippen molar-refractivity contribution in [1.82, 2.24) is 59.1 Å². The third kappa shape index (κ3) is 21.0. The lowest BCUT2D eigenvalue weighted by Gasteiger charge is -2.32. The number of aryl methyl sites for hydroxylation is 4. The lowest BCUT2D eigenvalue weighted by atomic mass is 10.1. The maximum atomic E-state index is 13.7. The maximum Gasteiger partial charge on any atom is 0.270 e. The summed E-state index contributed by atoms with van der Waals surface area (Å²) in [5, 5.41) is 28.5. The number of nitriles is 2. The number of carbonyl (C=O) groups excluding carboxylic acids is 8. The van der Waals surface area contributed by atoms with Crippen molar-refractivity contribution < 1.29 is 76.4 Å². The minimum Gasteiger partial charge on any atom is -0.348 e. The van der Waals surface area contributed by atoms with Gasteiger partial charge in [0.25, 0.3) is 69.5 Å². The average Bonchev–Trinajstić information content (AvgIpc) is 1.60. The van der Waals surface area contributed by atoms with Crippen LogP contribution in [0.2, 0.25) is 0 Å². The van der Waals surface area contributed by atoms with Gasteiger partial charge in [-0.3, -0.25) is 57.5 Å². The second kappa shape index (κ2) is 38.5. The fraction of sp³-hybridized carbons (Fsp3) is 0.438.